The van der Waals surface area contributed by atoms with E-state index in [0.717, 1.165) is 23.1 Å². The number of rotatable bonds is 3. The van der Waals surface area contributed by atoms with Crippen LogP contribution in [0.4, 0.5) is 11.8 Å². The van der Waals surface area contributed by atoms with Gasteiger partial charge in [-0.25, -0.2) is 16.7 Å². The standard InChI is InChI=1S/C12H18N6OS/c1-3-12(2)4-6-7(5-19-12)20-10-8(6)9(17-13)15-11(16-10)18-14/h3-5,13-14H2,1-2H3,(H2,15,16,17,18). The molecular weight excluding hydrogens is 276 g/mol. The molecule has 2 aromatic heterocycles. The molecule has 1 atom stereocenters. The highest BCUT2D eigenvalue weighted by Crippen LogP contribution is 2.41. The molecule has 0 spiro atoms. The van der Waals surface area contributed by atoms with Gasteiger partial charge in [0.1, 0.15) is 4.83 Å². The van der Waals surface area contributed by atoms with E-state index >= 15 is 0 Å². The van der Waals surface area contributed by atoms with E-state index < -0.39 is 0 Å². The molecule has 0 saturated carbocycles. The Hall–Kier alpha value is -1.48. The Kier molecular flexibility index (Phi) is 3.25. The van der Waals surface area contributed by atoms with Gasteiger partial charge >= 0.3 is 0 Å². The number of anilines is 2. The summed E-state index contributed by atoms with van der Waals surface area (Å²) >= 11 is 1.60. The highest BCUT2D eigenvalue weighted by Gasteiger charge is 2.33. The fourth-order valence-electron chi connectivity index (χ4n) is 2.47. The highest BCUT2D eigenvalue weighted by molar-refractivity contribution is 7.19. The third-order valence-electron chi connectivity index (χ3n) is 3.85. The van der Waals surface area contributed by atoms with E-state index in [9.17, 15) is 0 Å². The molecule has 8 heteroatoms. The maximum atomic E-state index is 5.97. The minimum absolute atomic E-state index is 0.141. The molecule has 0 amide bonds. The topological polar surface area (TPSA) is 111 Å². The third kappa shape index (κ3) is 2.01. The first-order chi connectivity index (χ1) is 9.60. The average Bonchev–Trinajstić information content (AvgIpc) is 2.83. The quantitative estimate of drug-likeness (QED) is 0.501. The highest BCUT2D eigenvalue weighted by atomic mass is 32.1. The molecule has 0 radical (unpaired) electrons. The summed E-state index contributed by atoms with van der Waals surface area (Å²) in [6.45, 7) is 4.87. The predicted molar refractivity (Wildman–Crippen MR) is 80.2 cm³/mol. The van der Waals surface area contributed by atoms with Crippen molar-refractivity contribution >= 4 is 33.3 Å². The van der Waals surface area contributed by atoms with Crippen LogP contribution in [0.2, 0.25) is 0 Å². The predicted octanol–water partition coefficient (Wildman–Crippen LogP) is 1.50. The first kappa shape index (κ1) is 13.5. The van der Waals surface area contributed by atoms with E-state index in [2.05, 4.69) is 34.7 Å². The van der Waals surface area contributed by atoms with Crippen LogP contribution in [0.1, 0.15) is 30.7 Å². The van der Waals surface area contributed by atoms with Gasteiger partial charge in [-0.2, -0.15) is 4.98 Å². The largest absolute Gasteiger partial charge is 0.369 e. The molecule has 1 aliphatic heterocycles. The van der Waals surface area contributed by atoms with Crippen molar-refractivity contribution in [1.29, 1.82) is 0 Å². The minimum Gasteiger partial charge on any atom is -0.369 e. The van der Waals surface area contributed by atoms with Crippen molar-refractivity contribution in [1.82, 2.24) is 9.97 Å². The monoisotopic (exact) mass is 294 g/mol. The van der Waals surface area contributed by atoms with Crippen molar-refractivity contribution in [3.63, 3.8) is 0 Å². The number of ether oxygens (including phenoxy) is 1. The summed E-state index contributed by atoms with van der Waals surface area (Å²) in [4.78, 5) is 10.7. The van der Waals surface area contributed by atoms with Gasteiger partial charge in [-0.05, 0) is 18.9 Å². The second kappa shape index (κ2) is 4.81. The van der Waals surface area contributed by atoms with Crippen molar-refractivity contribution in [3.8, 4) is 0 Å². The number of fused-ring (bicyclic) bond motifs is 3. The molecule has 6 N–H and O–H groups in total. The summed E-state index contributed by atoms with van der Waals surface area (Å²) in [5.74, 6) is 11.9. The lowest BCUT2D eigenvalue weighted by molar-refractivity contribution is -0.0542. The SMILES string of the molecule is CCC1(C)Cc2c(sc3nc(NN)nc(NN)c23)CO1. The molecule has 1 aliphatic rings. The maximum absolute atomic E-state index is 5.97. The molecule has 2 aromatic rings. The zero-order valence-corrected chi connectivity index (χ0v) is 12.3. The summed E-state index contributed by atoms with van der Waals surface area (Å²) in [6, 6.07) is 0. The van der Waals surface area contributed by atoms with Crippen LogP contribution >= 0.6 is 11.3 Å². The lowest BCUT2D eigenvalue weighted by Gasteiger charge is -2.33. The lowest BCUT2D eigenvalue weighted by atomic mass is 9.90. The molecule has 3 heterocycles. The van der Waals surface area contributed by atoms with Crippen molar-refractivity contribution < 1.29 is 4.74 Å². The van der Waals surface area contributed by atoms with Crippen molar-refractivity contribution in [2.75, 3.05) is 10.9 Å². The van der Waals surface area contributed by atoms with Gasteiger partial charge in [0.2, 0.25) is 5.95 Å². The lowest BCUT2D eigenvalue weighted by Crippen LogP contribution is -2.34. The number of hydrazine groups is 2. The van der Waals surface area contributed by atoms with Crippen LogP contribution in [-0.2, 0) is 17.8 Å². The summed E-state index contributed by atoms with van der Waals surface area (Å²) in [7, 11) is 0. The zero-order chi connectivity index (χ0) is 14.3. The Morgan fingerprint density at radius 3 is 2.80 bits per heavy atom. The van der Waals surface area contributed by atoms with Gasteiger partial charge in [0.25, 0.3) is 0 Å². The first-order valence-electron chi connectivity index (χ1n) is 6.49. The molecule has 0 saturated heterocycles. The Labute approximate surface area is 120 Å². The molecule has 108 valence electrons. The number of aromatic nitrogens is 2. The van der Waals surface area contributed by atoms with E-state index in [1.807, 2.05) is 0 Å². The fraction of sp³-hybridized carbons (Fsp3) is 0.500. The molecule has 1 unspecified atom stereocenters. The number of hydrogen-bond donors (Lipinski definition) is 4. The summed E-state index contributed by atoms with van der Waals surface area (Å²) in [6.07, 6.45) is 1.80. The van der Waals surface area contributed by atoms with E-state index in [0.29, 0.717) is 18.4 Å². The molecule has 0 bridgehead atoms. The first-order valence-corrected chi connectivity index (χ1v) is 7.31. The molecule has 7 nitrogen and oxygen atoms in total. The van der Waals surface area contributed by atoms with Gasteiger partial charge in [0, 0.05) is 11.3 Å². The Balaban J connectivity index is 2.20. The Morgan fingerprint density at radius 2 is 2.15 bits per heavy atom. The second-order valence-electron chi connectivity index (χ2n) is 5.14. The van der Waals surface area contributed by atoms with Crippen LogP contribution in [0.3, 0.4) is 0 Å². The van der Waals surface area contributed by atoms with E-state index in [1.165, 1.54) is 10.4 Å². The Bertz CT molecular complexity index is 657. The summed E-state index contributed by atoms with van der Waals surface area (Å²) < 4.78 is 5.97. The number of nitrogens with two attached hydrogens (primary N) is 2. The van der Waals surface area contributed by atoms with Gasteiger partial charge in [0.05, 0.1) is 17.6 Å². The minimum atomic E-state index is -0.141. The van der Waals surface area contributed by atoms with E-state index in [-0.39, 0.29) is 5.60 Å². The van der Waals surface area contributed by atoms with Crippen LogP contribution in [-0.4, -0.2) is 15.6 Å². The van der Waals surface area contributed by atoms with Crippen LogP contribution in [0.15, 0.2) is 0 Å². The smallest absolute Gasteiger partial charge is 0.240 e. The number of thiophene rings is 1. The van der Waals surface area contributed by atoms with Crippen LogP contribution in [0, 0.1) is 0 Å². The number of hydrogen-bond acceptors (Lipinski definition) is 8. The van der Waals surface area contributed by atoms with Crippen molar-refractivity contribution in [2.24, 2.45) is 11.7 Å². The van der Waals surface area contributed by atoms with E-state index in [1.54, 1.807) is 11.3 Å². The maximum Gasteiger partial charge on any atom is 0.240 e. The van der Waals surface area contributed by atoms with Gasteiger partial charge in [-0.3, -0.25) is 5.43 Å². The normalized spacial score (nSPS) is 21.8. The Morgan fingerprint density at radius 1 is 1.35 bits per heavy atom. The van der Waals surface area contributed by atoms with Gasteiger partial charge in [0.15, 0.2) is 5.82 Å². The van der Waals surface area contributed by atoms with E-state index in [4.69, 9.17) is 16.4 Å². The van der Waals surface area contributed by atoms with Crippen LogP contribution in [0.25, 0.3) is 10.2 Å². The molecule has 20 heavy (non-hydrogen) atoms. The molecular formula is C12H18N6OS. The number of nitrogen functional groups attached to an aromatic ring is 2. The summed E-state index contributed by atoms with van der Waals surface area (Å²) in [5, 5.41) is 0.981. The van der Waals surface area contributed by atoms with Crippen LogP contribution in [0.5, 0.6) is 0 Å². The third-order valence-corrected chi connectivity index (χ3v) is 4.95. The second-order valence-corrected chi connectivity index (χ2v) is 6.22. The number of nitrogens with one attached hydrogen (secondary N) is 2. The molecule has 0 fully saturated rings. The molecule has 0 aliphatic carbocycles. The average molecular weight is 294 g/mol. The van der Waals surface area contributed by atoms with Crippen molar-refractivity contribution in [3.05, 3.63) is 10.4 Å². The fourth-order valence-corrected chi connectivity index (χ4v) is 3.57. The van der Waals surface area contributed by atoms with Gasteiger partial charge in [-0.15, -0.1) is 11.3 Å². The van der Waals surface area contributed by atoms with Gasteiger partial charge < -0.3 is 10.2 Å². The number of nitrogens with zero attached hydrogens (tertiary/aromatic N) is 2. The molecule has 0 aromatic carbocycles. The van der Waals surface area contributed by atoms with Crippen LogP contribution < -0.4 is 22.5 Å². The van der Waals surface area contributed by atoms with Gasteiger partial charge in [-0.1, -0.05) is 6.92 Å². The zero-order valence-electron chi connectivity index (χ0n) is 11.5. The summed E-state index contributed by atoms with van der Waals surface area (Å²) in [5.41, 5.74) is 6.20. The molecule has 3 rings (SSSR count). The van der Waals surface area contributed by atoms with Crippen molar-refractivity contribution in [2.45, 2.75) is 38.9 Å².